The minimum Gasteiger partial charge on any atom is -0.444 e. The van der Waals surface area contributed by atoms with Crippen molar-refractivity contribution in [3.63, 3.8) is 0 Å². The summed E-state index contributed by atoms with van der Waals surface area (Å²) in [6.07, 6.45) is 4.68. The molecular weight excluding hydrogens is 374 g/mol. The zero-order valence-corrected chi connectivity index (χ0v) is 16.7. The molecule has 1 fully saturated rings. The molecule has 0 bridgehead atoms. The number of nitriles is 1. The molecule has 0 radical (unpaired) electrons. The molecule has 9 nitrogen and oxygen atoms in total. The molecule has 0 spiro atoms. The number of hydrogen-bond donors (Lipinski definition) is 0. The highest BCUT2D eigenvalue weighted by atomic mass is 16.6. The molecule has 3 rings (SSSR count). The Balaban J connectivity index is 1.70. The molecule has 1 aliphatic heterocycles. The molecule has 1 aromatic heterocycles. The van der Waals surface area contributed by atoms with Crippen LogP contribution in [0.4, 0.5) is 10.5 Å². The highest BCUT2D eigenvalue weighted by molar-refractivity contribution is 5.71. The second kappa shape index (κ2) is 7.91. The molecule has 1 amide bonds. The molecule has 0 atom stereocenters. The van der Waals surface area contributed by atoms with Crippen LogP contribution in [-0.2, 0) is 4.74 Å². The molecule has 1 saturated heterocycles. The van der Waals surface area contributed by atoms with Gasteiger partial charge in [-0.2, -0.15) is 10.4 Å². The number of hydrogen-bond acceptors (Lipinski definition) is 6. The summed E-state index contributed by atoms with van der Waals surface area (Å²) in [6.45, 7) is 6.69. The molecule has 29 heavy (non-hydrogen) atoms. The fourth-order valence-corrected chi connectivity index (χ4v) is 3.31. The number of aromatic nitrogens is 2. The molecule has 2 heterocycles. The summed E-state index contributed by atoms with van der Waals surface area (Å²) < 4.78 is 7.26. The molecule has 9 heteroatoms. The first-order chi connectivity index (χ1) is 13.7. The average molecular weight is 397 g/mol. The van der Waals surface area contributed by atoms with Crippen LogP contribution in [0.5, 0.6) is 0 Å². The van der Waals surface area contributed by atoms with Crippen LogP contribution in [0.3, 0.4) is 0 Å². The van der Waals surface area contributed by atoms with Gasteiger partial charge in [-0.1, -0.05) is 0 Å². The van der Waals surface area contributed by atoms with Gasteiger partial charge in [0.05, 0.1) is 22.7 Å². The Bertz CT molecular complexity index is 962. The first-order valence-electron chi connectivity index (χ1n) is 9.39. The van der Waals surface area contributed by atoms with Gasteiger partial charge in [0.25, 0.3) is 5.69 Å². The highest BCUT2D eigenvalue weighted by Crippen LogP contribution is 2.29. The SMILES string of the molecule is CC(C)(C)OC(=O)N1CCC(n2cc(-c3ccc([N+](=O)[O-])cc3C#N)cn2)CC1. The van der Waals surface area contributed by atoms with E-state index in [9.17, 15) is 20.2 Å². The summed E-state index contributed by atoms with van der Waals surface area (Å²) in [7, 11) is 0. The maximum atomic E-state index is 12.2. The summed E-state index contributed by atoms with van der Waals surface area (Å²) in [4.78, 5) is 24.3. The van der Waals surface area contributed by atoms with E-state index in [0.29, 0.717) is 18.7 Å². The van der Waals surface area contributed by atoms with Crippen LogP contribution in [-0.4, -0.2) is 44.4 Å². The normalized spacial score (nSPS) is 15.0. The molecule has 1 aromatic carbocycles. The Kier molecular flexibility index (Phi) is 5.55. The van der Waals surface area contributed by atoms with Crippen LogP contribution in [0.2, 0.25) is 0 Å². The quantitative estimate of drug-likeness (QED) is 0.573. The number of nitrogens with zero attached hydrogens (tertiary/aromatic N) is 5. The predicted molar refractivity (Wildman–Crippen MR) is 105 cm³/mol. The summed E-state index contributed by atoms with van der Waals surface area (Å²) >= 11 is 0. The Morgan fingerprint density at radius 3 is 2.62 bits per heavy atom. The largest absolute Gasteiger partial charge is 0.444 e. The fraction of sp³-hybridized carbons (Fsp3) is 0.450. The third-order valence-corrected chi connectivity index (χ3v) is 4.74. The maximum absolute atomic E-state index is 12.2. The smallest absolute Gasteiger partial charge is 0.410 e. The third kappa shape index (κ3) is 4.71. The zero-order chi connectivity index (χ0) is 21.2. The second-order valence-corrected chi connectivity index (χ2v) is 8.01. The van der Waals surface area contributed by atoms with Crippen molar-refractivity contribution in [2.24, 2.45) is 0 Å². The lowest BCUT2D eigenvalue weighted by Gasteiger charge is -2.33. The van der Waals surface area contributed by atoms with Gasteiger partial charge in [-0.3, -0.25) is 14.8 Å². The summed E-state index contributed by atoms with van der Waals surface area (Å²) in [5, 5.41) is 24.7. The molecule has 0 saturated carbocycles. The molecule has 2 aromatic rings. The van der Waals surface area contributed by atoms with Gasteiger partial charge in [-0.05, 0) is 39.7 Å². The van der Waals surface area contributed by atoms with Gasteiger partial charge in [0.1, 0.15) is 11.7 Å². The third-order valence-electron chi connectivity index (χ3n) is 4.74. The molecule has 0 N–H and O–H groups in total. The number of nitro benzene ring substituents is 1. The van der Waals surface area contributed by atoms with Crippen molar-refractivity contribution in [3.8, 4) is 17.2 Å². The molecular formula is C20H23N5O4. The van der Waals surface area contributed by atoms with Crippen LogP contribution in [0, 0.1) is 21.4 Å². The van der Waals surface area contributed by atoms with E-state index in [2.05, 4.69) is 5.10 Å². The molecule has 0 aliphatic carbocycles. The number of amides is 1. The Hall–Kier alpha value is -3.41. The predicted octanol–water partition coefficient (Wildman–Crippen LogP) is 3.90. The number of carbonyl (C=O) groups is 1. The lowest BCUT2D eigenvalue weighted by atomic mass is 10.0. The zero-order valence-electron chi connectivity index (χ0n) is 16.7. The van der Waals surface area contributed by atoms with Gasteiger partial charge in [0, 0.05) is 42.5 Å². The number of ether oxygens (including phenoxy) is 1. The minimum absolute atomic E-state index is 0.118. The van der Waals surface area contributed by atoms with Crippen molar-refractivity contribution in [2.75, 3.05) is 13.1 Å². The van der Waals surface area contributed by atoms with E-state index >= 15 is 0 Å². The van der Waals surface area contributed by atoms with E-state index in [1.807, 2.05) is 37.7 Å². The first kappa shape index (κ1) is 20.3. The molecule has 152 valence electrons. The van der Waals surface area contributed by atoms with Crippen molar-refractivity contribution in [2.45, 2.75) is 45.3 Å². The monoisotopic (exact) mass is 397 g/mol. The number of benzene rings is 1. The van der Waals surface area contributed by atoms with Crippen LogP contribution in [0.25, 0.3) is 11.1 Å². The van der Waals surface area contributed by atoms with Crippen molar-refractivity contribution in [3.05, 3.63) is 46.3 Å². The van der Waals surface area contributed by atoms with E-state index in [1.165, 1.54) is 12.1 Å². The van der Waals surface area contributed by atoms with Gasteiger partial charge in [0.2, 0.25) is 0 Å². The molecule has 1 aliphatic rings. The fourth-order valence-electron chi connectivity index (χ4n) is 3.31. The van der Waals surface area contributed by atoms with Crippen molar-refractivity contribution in [1.29, 1.82) is 5.26 Å². The average Bonchev–Trinajstić information content (AvgIpc) is 3.16. The number of nitro groups is 1. The standard InChI is InChI=1S/C20H23N5O4/c1-20(2,3)29-19(26)23-8-6-16(7-9-23)24-13-15(12-22-24)18-5-4-17(25(27)28)10-14(18)11-21/h4-5,10,12-13,16H,6-9H2,1-3H3. The lowest BCUT2D eigenvalue weighted by molar-refractivity contribution is -0.384. The van der Waals surface area contributed by atoms with Gasteiger partial charge in [-0.25, -0.2) is 4.79 Å². The van der Waals surface area contributed by atoms with E-state index in [0.717, 1.165) is 18.4 Å². The molecule has 0 unspecified atom stereocenters. The summed E-state index contributed by atoms with van der Waals surface area (Å²) in [5.74, 6) is 0. The number of carbonyl (C=O) groups excluding carboxylic acids is 1. The number of rotatable bonds is 3. The van der Waals surface area contributed by atoms with Crippen LogP contribution >= 0.6 is 0 Å². The topological polar surface area (TPSA) is 114 Å². The minimum atomic E-state index is -0.521. The van der Waals surface area contributed by atoms with Crippen molar-refractivity contribution < 1.29 is 14.5 Å². The summed E-state index contributed by atoms with van der Waals surface area (Å²) in [5.41, 5.74) is 0.931. The number of piperidine rings is 1. The Morgan fingerprint density at radius 2 is 2.03 bits per heavy atom. The van der Waals surface area contributed by atoms with E-state index in [-0.39, 0.29) is 23.4 Å². The van der Waals surface area contributed by atoms with Gasteiger partial charge in [-0.15, -0.1) is 0 Å². The first-order valence-corrected chi connectivity index (χ1v) is 9.39. The highest BCUT2D eigenvalue weighted by Gasteiger charge is 2.28. The van der Waals surface area contributed by atoms with Gasteiger partial charge < -0.3 is 9.64 Å². The number of likely N-dealkylation sites (tertiary alicyclic amines) is 1. The van der Waals surface area contributed by atoms with Gasteiger partial charge >= 0.3 is 6.09 Å². The van der Waals surface area contributed by atoms with Crippen molar-refractivity contribution >= 4 is 11.8 Å². The Labute approximate surface area is 168 Å². The van der Waals surface area contributed by atoms with Crippen LogP contribution in [0.15, 0.2) is 30.6 Å². The van der Waals surface area contributed by atoms with Crippen LogP contribution < -0.4 is 0 Å². The van der Waals surface area contributed by atoms with E-state index in [4.69, 9.17) is 4.74 Å². The summed E-state index contributed by atoms with van der Waals surface area (Å²) in [6, 6.07) is 6.37. The van der Waals surface area contributed by atoms with E-state index < -0.39 is 10.5 Å². The maximum Gasteiger partial charge on any atom is 0.410 e. The van der Waals surface area contributed by atoms with Gasteiger partial charge in [0.15, 0.2) is 0 Å². The second-order valence-electron chi connectivity index (χ2n) is 8.01. The lowest BCUT2D eigenvalue weighted by Crippen LogP contribution is -2.42. The van der Waals surface area contributed by atoms with Crippen LogP contribution in [0.1, 0.15) is 45.2 Å². The Morgan fingerprint density at radius 1 is 1.34 bits per heavy atom. The van der Waals surface area contributed by atoms with E-state index in [1.54, 1.807) is 17.2 Å². The number of non-ortho nitro benzene ring substituents is 1. The van der Waals surface area contributed by atoms with Crippen molar-refractivity contribution in [1.82, 2.24) is 14.7 Å².